The molecule has 2 amide bonds. The molecule has 5 N–H and O–H groups in total. The van der Waals surface area contributed by atoms with Crippen LogP contribution in [0.25, 0.3) is 66.6 Å². The smallest absolute Gasteiger partial charge is 0.248 e. The molecule has 0 radical (unpaired) electrons. The fourth-order valence-electron chi connectivity index (χ4n) is 7.80. The number of amides is 2. The van der Waals surface area contributed by atoms with E-state index in [1.54, 1.807) is 37.6 Å². The fraction of sp³-hybridized carbons (Fsp3) is 0.279. The summed E-state index contributed by atoms with van der Waals surface area (Å²) in [6.45, 7) is 10.2. The number of primary amides is 2. The Morgan fingerprint density at radius 1 is 0.746 bits per heavy atom. The second-order valence-electron chi connectivity index (χ2n) is 14.3. The topological polar surface area (TPSA) is 209 Å². The van der Waals surface area contributed by atoms with E-state index in [4.69, 9.17) is 35.9 Å². The molecule has 16 nitrogen and oxygen atoms in total. The van der Waals surface area contributed by atoms with E-state index >= 15 is 0 Å². The lowest BCUT2D eigenvalue weighted by Crippen LogP contribution is -2.12. The maximum Gasteiger partial charge on any atom is 0.248 e. The fourth-order valence-corrected chi connectivity index (χ4v) is 7.80. The van der Waals surface area contributed by atoms with Crippen molar-refractivity contribution in [1.82, 2.24) is 43.6 Å². The van der Waals surface area contributed by atoms with Gasteiger partial charge in [-0.2, -0.15) is 10.2 Å². The van der Waals surface area contributed by atoms with Crippen molar-refractivity contribution in [3.8, 4) is 34.4 Å². The van der Waals surface area contributed by atoms with E-state index in [9.17, 15) is 14.7 Å². The number of aromatic nitrogens is 9. The zero-order chi connectivity index (χ0) is 41.5. The second kappa shape index (κ2) is 15.7. The Bertz CT molecular complexity index is 2970. The number of hydrogen-bond donors (Lipinski definition) is 3. The maximum absolute atomic E-state index is 12.6. The van der Waals surface area contributed by atoms with E-state index < -0.39 is 11.8 Å². The summed E-state index contributed by atoms with van der Waals surface area (Å²) in [4.78, 5) is 39.7. The van der Waals surface area contributed by atoms with Crippen molar-refractivity contribution >= 4 is 55.6 Å². The number of methoxy groups -OCH3 is 1. The molecular weight excluding hydrogens is 751 g/mol. The number of pyridine rings is 1. The minimum atomic E-state index is -0.586. The van der Waals surface area contributed by atoms with Gasteiger partial charge >= 0.3 is 0 Å². The number of aryl methyl sites for hydroxylation is 4. The predicted octanol–water partition coefficient (Wildman–Crippen LogP) is 5.70. The molecule has 0 aliphatic heterocycles. The van der Waals surface area contributed by atoms with Crippen molar-refractivity contribution in [2.75, 3.05) is 20.3 Å². The minimum absolute atomic E-state index is 0.0478. The molecule has 0 saturated carbocycles. The highest BCUT2D eigenvalue weighted by molar-refractivity contribution is 6.13. The molecule has 0 fully saturated rings. The van der Waals surface area contributed by atoms with Crippen LogP contribution < -0.4 is 20.9 Å². The van der Waals surface area contributed by atoms with Crippen molar-refractivity contribution in [2.24, 2.45) is 11.5 Å². The normalized spacial score (nSPS) is 11.9. The van der Waals surface area contributed by atoms with Gasteiger partial charge in [0.25, 0.3) is 0 Å². The first-order chi connectivity index (χ1) is 28.5. The molecule has 16 heteroatoms. The van der Waals surface area contributed by atoms with Crippen molar-refractivity contribution in [1.29, 1.82) is 0 Å². The third kappa shape index (κ3) is 6.90. The first-order valence-electron chi connectivity index (χ1n) is 19.5. The summed E-state index contributed by atoms with van der Waals surface area (Å²) >= 11 is 0. The largest absolute Gasteiger partial charge is 0.495 e. The SMILES string of the molecule is CCn1nc(C)cc1-c1cc2c(cn1)c1cc(C(N)=O)cc(OCCCO)c1n2C/C=C/Cn1c2nc(-c3cc(C)nn3CC)ncc2c2cc(C(N)=O)cc(OC)c21. The van der Waals surface area contributed by atoms with E-state index in [-0.39, 0.29) is 13.2 Å². The molecule has 2 aromatic carbocycles. The Morgan fingerprint density at radius 3 is 1.98 bits per heavy atom. The van der Waals surface area contributed by atoms with Crippen LogP contribution in [0.1, 0.15) is 52.4 Å². The van der Waals surface area contributed by atoms with Crippen molar-refractivity contribution in [3.05, 3.63) is 89.5 Å². The van der Waals surface area contributed by atoms with Gasteiger partial charge in [-0.15, -0.1) is 0 Å². The summed E-state index contributed by atoms with van der Waals surface area (Å²) < 4.78 is 20.1. The van der Waals surface area contributed by atoms with Crippen LogP contribution in [0.3, 0.4) is 0 Å². The summed E-state index contributed by atoms with van der Waals surface area (Å²) in [6.07, 6.45) is 8.08. The lowest BCUT2D eigenvalue weighted by Gasteiger charge is -2.12. The van der Waals surface area contributed by atoms with Crippen LogP contribution >= 0.6 is 0 Å². The highest BCUT2D eigenvalue weighted by Gasteiger charge is 2.22. The Labute approximate surface area is 338 Å². The monoisotopic (exact) mass is 795 g/mol. The van der Waals surface area contributed by atoms with Gasteiger partial charge in [-0.3, -0.25) is 23.9 Å². The molecule has 6 aromatic heterocycles. The Kier molecular flexibility index (Phi) is 10.3. The van der Waals surface area contributed by atoms with Crippen LogP contribution in [0.2, 0.25) is 0 Å². The van der Waals surface area contributed by atoms with Crippen LogP contribution in [-0.2, 0) is 26.2 Å². The van der Waals surface area contributed by atoms with Crippen LogP contribution in [0.5, 0.6) is 11.5 Å². The summed E-state index contributed by atoms with van der Waals surface area (Å²) in [6, 6.07) is 12.8. The summed E-state index contributed by atoms with van der Waals surface area (Å²) in [5, 5.41) is 21.8. The number of aliphatic hydroxyl groups excluding tert-OH is 1. The number of allylic oxidation sites excluding steroid dienone is 2. The summed E-state index contributed by atoms with van der Waals surface area (Å²) in [5.41, 5.74) is 19.3. The van der Waals surface area contributed by atoms with E-state index in [2.05, 4.69) is 20.8 Å². The molecule has 0 aliphatic carbocycles. The van der Waals surface area contributed by atoms with E-state index in [1.807, 2.05) is 72.1 Å². The van der Waals surface area contributed by atoms with Crippen molar-refractivity contribution < 1.29 is 24.2 Å². The van der Waals surface area contributed by atoms with E-state index in [1.165, 1.54) is 0 Å². The molecule has 0 spiro atoms. The van der Waals surface area contributed by atoms with Crippen LogP contribution in [0.4, 0.5) is 0 Å². The molecule has 0 saturated heterocycles. The highest BCUT2D eigenvalue weighted by Crippen LogP contribution is 2.39. The van der Waals surface area contributed by atoms with Gasteiger partial charge in [0.15, 0.2) is 5.82 Å². The standard InChI is InChI=1S/C43H45N11O5/c1-6-53-34(15-24(3)49-53)32-21-33-30(22-46-32)28-17-27(41(45)57)20-37(59-14-10-13-55)39(28)51(33)11-8-9-12-52-38-29(18-26(40(44)56)19-36(38)58-5)31-23-47-42(48-43(31)52)35-16-25(4)50-54(35)7-2/h8-9,15-23,55H,6-7,10-14H2,1-5H3,(H2,44,56)(H2,45,57)/b9-8+. The molecule has 0 unspecified atom stereocenters. The Morgan fingerprint density at radius 2 is 1.34 bits per heavy atom. The lowest BCUT2D eigenvalue weighted by molar-refractivity contribution is 0.0991. The summed E-state index contributed by atoms with van der Waals surface area (Å²) in [5.74, 6) is 0.288. The molecule has 6 heterocycles. The maximum atomic E-state index is 12.6. The molecule has 8 aromatic rings. The number of aliphatic hydroxyl groups is 1. The van der Waals surface area contributed by atoms with Gasteiger partial charge in [0, 0.05) is 84.3 Å². The average molecular weight is 796 g/mol. The van der Waals surface area contributed by atoms with Crippen LogP contribution in [-0.4, -0.2) is 80.9 Å². The highest BCUT2D eigenvalue weighted by atomic mass is 16.5. The number of nitrogens with two attached hydrogens (primary N) is 2. The predicted molar refractivity (Wildman–Crippen MR) is 225 cm³/mol. The van der Waals surface area contributed by atoms with Crippen LogP contribution in [0, 0.1) is 13.8 Å². The molecule has 59 heavy (non-hydrogen) atoms. The van der Waals surface area contributed by atoms with Crippen LogP contribution in [0.15, 0.2) is 67.0 Å². The molecular formula is C43H45N11O5. The van der Waals surface area contributed by atoms with Gasteiger partial charge in [-0.25, -0.2) is 9.97 Å². The number of hydrogen-bond acceptors (Lipinski definition) is 10. The number of carbonyl (C=O) groups excluding carboxylic acids is 2. The number of rotatable bonds is 15. The van der Waals surface area contributed by atoms with Gasteiger partial charge < -0.3 is 35.2 Å². The number of fused-ring (bicyclic) bond motifs is 6. The first-order valence-corrected chi connectivity index (χ1v) is 19.5. The zero-order valence-corrected chi connectivity index (χ0v) is 33.6. The van der Waals surface area contributed by atoms with Crippen molar-refractivity contribution in [2.45, 2.75) is 60.3 Å². The quantitative estimate of drug-likeness (QED) is 0.0852. The second-order valence-corrected chi connectivity index (χ2v) is 14.3. The lowest BCUT2D eigenvalue weighted by atomic mass is 10.1. The Balaban J connectivity index is 1.28. The number of carbonyl (C=O) groups is 2. The number of benzene rings is 2. The third-order valence-electron chi connectivity index (χ3n) is 10.5. The number of ether oxygens (including phenoxy) is 2. The zero-order valence-electron chi connectivity index (χ0n) is 33.6. The molecule has 302 valence electrons. The molecule has 8 rings (SSSR count). The molecule has 0 bridgehead atoms. The number of nitrogens with zero attached hydrogens (tertiary/aromatic N) is 9. The third-order valence-corrected chi connectivity index (χ3v) is 10.5. The van der Waals surface area contributed by atoms with Gasteiger partial charge in [0.05, 0.1) is 53.0 Å². The minimum Gasteiger partial charge on any atom is -0.495 e. The summed E-state index contributed by atoms with van der Waals surface area (Å²) in [7, 11) is 1.56. The van der Waals surface area contributed by atoms with Gasteiger partial charge in [0.1, 0.15) is 22.8 Å². The average Bonchev–Trinajstić information content (AvgIpc) is 3.98. The van der Waals surface area contributed by atoms with Crippen molar-refractivity contribution in [3.63, 3.8) is 0 Å². The Hall–Kier alpha value is -7.07. The van der Waals surface area contributed by atoms with Gasteiger partial charge in [-0.1, -0.05) is 12.2 Å². The van der Waals surface area contributed by atoms with Gasteiger partial charge in [-0.05, 0) is 70.2 Å². The van der Waals surface area contributed by atoms with Gasteiger partial charge in [0.2, 0.25) is 11.8 Å². The first kappa shape index (κ1) is 38.8. The van der Waals surface area contributed by atoms with E-state index in [0.29, 0.717) is 66.7 Å². The molecule has 0 atom stereocenters. The van der Waals surface area contributed by atoms with E-state index in [0.717, 1.165) is 66.6 Å². The molecule has 0 aliphatic rings.